The van der Waals surface area contributed by atoms with Gasteiger partial charge in [-0.05, 0) is 60.2 Å². The molecule has 0 spiro atoms. The highest BCUT2D eigenvalue weighted by Crippen LogP contribution is 2.26. The molecule has 0 bridgehead atoms. The Hall–Kier alpha value is -2.47. The Labute approximate surface area is 170 Å². The molecule has 2 aromatic rings. The summed E-state index contributed by atoms with van der Waals surface area (Å²) in [5.74, 6) is 0.288. The molecule has 0 atom stereocenters. The van der Waals surface area contributed by atoms with E-state index >= 15 is 0 Å². The maximum atomic E-state index is 12.2. The molecule has 0 aromatic heterocycles. The molecule has 1 aliphatic rings. The summed E-state index contributed by atoms with van der Waals surface area (Å²) in [7, 11) is 0. The standard InChI is InChI=1S/C22H27N3O2S/c1-22(2,3)15-4-12-19(13-5-15)28-14-20(26)23-16-6-8-17(9-7-16)24-21(27)25-18-10-11-18/h4-9,12-13,18H,10-11,14H2,1-3H3,(H,23,26)(H2,24,25,27). The molecular formula is C22H27N3O2S. The number of hydrogen-bond acceptors (Lipinski definition) is 3. The van der Waals surface area contributed by atoms with Crippen molar-refractivity contribution in [2.45, 2.75) is 50.0 Å². The lowest BCUT2D eigenvalue weighted by Gasteiger charge is -2.19. The number of thioether (sulfide) groups is 1. The zero-order chi connectivity index (χ0) is 20.1. The maximum absolute atomic E-state index is 12.2. The number of nitrogens with one attached hydrogen (secondary N) is 3. The molecule has 3 rings (SSSR count). The first-order valence-electron chi connectivity index (χ1n) is 9.50. The van der Waals surface area contributed by atoms with Crippen LogP contribution < -0.4 is 16.0 Å². The van der Waals surface area contributed by atoms with Crippen LogP contribution in [0.25, 0.3) is 0 Å². The summed E-state index contributed by atoms with van der Waals surface area (Å²) in [5.41, 5.74) is 2.81. The number of carbonyl (C=O) groups is 2. The van der Waals surface area contributed by atoms with Crippen molar-refractivity contribution in [2.24, 2.45) is 0 Å². The minimum atomic E-state index is -0.187. The predicted molar refractivity (Wildman–Crippen MR) is 116 cm³/mol. The molecule has 28 heavy (non-hydrogen) atoms. The van der Waals surface area contributed by atoms with E-state index in [1.165, 1.54) is 17.3 Å². The molecule has 3 amide bonds. The van der Waals surface area contributed by atoms with Gasteiger partial charge >= 0.3 is 6.03 Å². The molecule has 0 saturated heterocycles. The van der Waals surface area contributed by atoms with Gasteiger partial charge in [-0.15, -0.1) is 11.8 Å². The first-order chi connectivity index (χ1) is 13.3. The van der Waals surface area contributed by atoms with Crippen molar-refractivity contribution in [2.75, 3.05) is 16.4 Å². The molecule has 1 aliphatic carbocycles. The first kappa shape index (κ1) is 20.3. The molecule has 5 nitrogen and oxygen atoms in total. The molecular weight excluding hydrogens is 370 g/mol. The second kappa shape index (κ2) is 8.69. The van der Waals surface area contributed by atoms with E-state index in [4.69, 9.17) is 0 Å². The van der Waals surface area contributed by atoms with Crippen molar-refractivity contribution >= 4 is 35.1 Å². The second-order valence-electron chi connectivity index (χ2n) is 8.06. The number of rotatable bonds is 6. The van der Waals surface area contributed by atoms with Crippen LogP contribution >= 0.6 is 11.8 Å². The highest BCUT2D eigenvalue weighted by molar-refractivity contribution is 8.00. The Kier molecular flexibility index (Phi) is 6.29. The lowest BCUT2D eigenvalue weighted by molar-refractivity contribution is -0.113. The van der Waals surface area contributed by atoms with E-state index < -0.39 is 0 Å². The fourth-order valence-electron chi connectivity index (χ4n) is 2.61. The first-order valence-corrected chi connectivity index (χ1v) is 10.5. The second-order valence-corrected chi connectivity index (χ2v) is 9.11. The number of amides is 3. The van der Waals surface area contributed by atoms with Gasteiger partial charge in [0.15, 0.2) is 0 Å². The Bertz CT molecular complexity index is 822. The van der Waals surface area contributed by atoms with Crippen molar-refractivity contribution in [1.29, 1.82) is 0 Å². The van der Waals surface area contributed by atoms with Gasteiger partial charge < -0.3 is 16.0 Å². The molecule has 0 heterocycles. The van der Waals surface area contributed by atoms with E-state index in [0.717, 1.165) is 17.7 Å². The molecule has 1 saturated carbocycles. The highest BCUT2D eigenvalue weighted by atomic mass is 32.2. The van der Waals surface area contributed by atoms with Gasteiger partial charge in [-0.1, -0.05) is 32.9 Å². The van der Waals surface area contributed by atoms with Crippen LogP contribution in [0.3, 0.4) is 0 Å². The number of carbonyl (C=O) groups excluding carboxylic acids is 2. The van der Waals surface area contributed by atoms with E-state index in [-0.39, 0.29) is 17.4 Å². The number of hydrogen-bond donors (Lipinski definition) is 3. The zero-order valence-electron chi connectivity index (χ0n) is 16.5. The summed E-state index contributed by atoms with van der Waals surface area (Å²) in [6, 6.07) is 15.6. The van der Waals surface area contributed by atoms with E-state index in [1.807, 2.05) is 0 Å². The van der Waals surface area contributed by atoms with Crippen LogP contribution in [0.5, 0.6) is 0 Å². The van der Waals surface area contributed by atoms with Crippen molar-refractivity contribution in [3.63, 3.8) is 0 Å². The van der Waals surface area contributed by atoms with Gasteiger partial charge in [0.2, 0.25) is 5.91 Å². The van der Waals surface area contributed by atoms with Gasteiger partial charge in [0.05, 0.1) is 5.75 Å². The number of urea groups is 1. The lowest BCUT2D eigenvalue weighted by Crippen LogP contribution is -2.30. The summed E-state index contributed by atoms with van der Waals surface area (Å²) in [6.07, 6.45) is 2.11. The Morgan fingerprint density at radius 1 is 0.929 bits per heavy atom. The van der Waals surface area contributed by atoms with Crippen LogP contribution in [0.4, 0.5) is 16.2 Å². The average molecular weight is 398 g/mol. The van der Waals surface area contributed by atoms with Gasteiger partial charge in [0.1, 0.15) is 0 Å². The molecule has 148 valence electrons. The lowest BCUT2D eigenvalue weighted by atomic mass is 9.87. The fourth-order valence-corrected chi connectivity index (χ4v) is 3.31. The van der Waals surface area contributed by atoms with Crippen molar-refractivity contribution in [1.82, 2.24) is 5.32 Å². The molecule has 2 aromatic carbocycles. The van der Waals surface area contributed by atoms with E-state index in [1.54, 1.807) is 24.3 Å². The largest absolute Gasteiger partial charge is 0.335 e. The smallest absolute Gasteiger partial charge is 0.319 e. The van der Waals surface area contributed by atoms with E-state index in [2.05, 4.69) is 61.0 Å². The van der Waals surface area contributed by atoms with Crippen LogP contribution in [0.1, 0.15) is 39.2 Å². The molecule has 3 N–H and O–H groups in total. The summed E-state index contributed by atoms with van der Waals surface area (Å²) in [5, 5.41) is 8.54. The summed E-state index contributed by atoms with van der Waals surface area (Å²) in [4.78, 5) is 25.0. The van der Waals surface area contributed by atoms with Crippen LogP contribution in [0.2, 0.25) is 0 Å². The normalized spacial score (nSPS) is 13.7. The average Bonchev–Trinajstić information content (AvgIpc) is 3.45. The zero-order valence-corrected chi connectivity index (χ0v) is 17.4. The minimum Gasteiger partial charge on any atom is -0.335 e. The third-order valence-corrected chi connectivity index (χ3v) is 5.44. The molecule has 0 unspecified atom stereocenters. The van der Waals surface area contributed by atoms with Crippen molar-refractivity contribution in [3.8, 4) is 0 Å². The molecule has 0 aliphatic heterocycles. The monoisotopic (exact) mass is 397 g/mol. The Morgan fingerprint density at radius 2 is 1.50 bits per heavy atom. The van der Waals surface area contributed by atoms with Crippen LogP contribution in [0, 0.1) is 0 Å². The SMILES string of the molecule is CC(C)(C)c1ccc(SCC(=O)Nc2ccc(NC(=O)NC3CC3)cc2)cc1. The maximum Gasteiger partial charge on any atom is 0.319 e. The van der Waals surface area contributed by atoms with Gasteiger partial charge in [-0.2, -0.15) is 0 Å². The minimum absolute atomic E-state index is 0.0583. The van der Waals surface area contributed by atoms with Crippen molar-refractivity contribution in [3.05, 3.63) is 54.1 Å². The van der Waals surface area contributed by atoms with Gasteiger partial charge in [-0.3, -0.25) is 4.79 Å². The van der Waals surface area contributed by atoms with E-state index in [9.17, 15) is 9.59 Å². The van der Waals surface area contributed by atoms with Crippen LogP contribution in [-0.4, -0.2) is 23.7 Å². The third-order valence-electron chi connectivity index (χ3n) is 4.43. The number of anilines is 2. The van der Waals surface area contributed by atoms with E-state index in [0.29, 0.717) is 23.2 Å². The Morgan fingerprint density at radius 3 is 2.04 bits per heavy atom. The topological polar surface area (TPSA) is 70.2 Å². The fraction of sp³-hybridized carbons (Fsp3) is 0.364. The molecule has 6 heteroatoms. The van der Waals surface area contributed by atoms with Gasteiger partial charge in [0, 0.05) is 22.3 Å². The Balaban J connectivity index is 1.44. The predicted octanol–water partition coefficient (Wildman–Crippen LogP) is 5.00. The molecule has 0 radical (unpaired) electrons. The summed E-state index contributed by atoms with van der Waals surface area (Å²) in [6.45, 7) is 6.55. The quantitative estimate of drug-likeness (QED) is 0.601. The summed E-state index contributed by atoms with van der Waals surface area (Å²) >= 11 is 1.51. The van der Waals surface area contributed by atoms with Gasteiger partial charge in [0.25, 0.3) is 0 Å². The highest BCUT2D eigenvalue weighted by Gasteiger charge is 2.23. The van der Waals surface area contributed by atoms with Crippen LogP contribution in [-0.2, 0) is 10.2 Å². The number of benzene rings is 2. The summed E-state index contributed by atoms with van der Waals surface area (Å²) < 4.78 is 0. The van der Waals surface area contributed by atoms with Crippen molar-refractivity contribution < 1.29 is 9.59 Å². The van der Waals surface area contributed by atoms with Gasteiger partial charge in [-0.25, -0.2) is 4.79 Å². The molecule has 1 fully saturated rings. The third kappa shape index (κ3) is 6.30. The van der Waals surface area contributed by atoms with Crippen LogP contribution in [0.15, 0.2) is 53.4 Å².